The van der Waals surface area contributed by atoms with Gasteiger partial charge in [0.05, 0.1) is 0 Å². The van der Waals surface area contributed by atoms with Crippen LogP contribution in [0.15, 0.2) is 17.2 Å². The zero-order valence-electron chi connectivity index (χ0n) is 10.4. The molecule has 0 amide bonds. The number of nitrogens with one attached hydrogen (secondary N) is 1. The molecule has 16 heavy (non-hydrogen) atoms. The lowest BCUT2D eigenvalue weighted by Gasteiger charge is -2.13. The molecule has 1 N–H and O–H groups in total. The van der Waals surface area contributed by atoms with Crippen LogP contribution in [-0.2, 0) is 0 Å². The van der Waals surface area contributed by atoms with Crippen LogP contribution >= 0.6 is 0 Å². The Hall–Kier alpha value is -1.36. The number of rotatable bonds is 5. The van der Waals surface area contributed by atoms with E-state index >= 15 is 0 Å². The monoisotopic (exact) mass is 224 g/mol. The molecule has 0 saturated carbocycles. The molecular formula is C11H20N4O. The molecule has 0 radical (unpaired) electrons. The Labute approximate surface area is 96.1 Å². The Bertz CT molecular complexity index is 384. The average Bonchev–Trinajstić information content (AvgIpc) is 2.19. The molecule has 0 aromatic carbocycles. The molecule has 0 spiro atoms. The third-order valence-corrected chi connectivity index (χ3v) is 2.28. The van der Waals surface area contributed by atoms with Gasteiger partial charge in [-0.3, -0.25) is 4.79 Å². The summed E-state index contributed by atoms with van der Waals surface area (Å²) < 4.78 is 1.67. The topological polar surface area (TPSA) is 50.2 Å². The fourth-order valence-electron chi connectivity index (χ4n) is 1.35. The summed E-state index contributed by atoms with van der Waals surface area (Å²) in [6.07, 6.45) is 3.36. The van der Waals surface area contributed by atoms with E-state index in [0.29, 0.717) is 5.82 Å². The molecule has 1 rings (SSSR count). The van der Waals surface area contributed by atoms with Crippen molar-refractivity contribution in [3.8, 4) is 0 Å². The van der Waals surface area contributed by atoms with Gasteiger partial charge in [0.15, 0.2) is 5.82 Å². The van der Waals surface area contributed by atoms with Crippen LogP contribution in [-0.4, -0.2) is 41.6 Å². The summed E-state index contributed by atoms with van der Waals surface area (Å²) in [5, 5.41) is 3.05. The lowest BCUT2D eigenvalue weighted by molar-refractivity contribution is 0.425. The first-order valence-corrected chi connectivity index (χ1v) is 5.48. The van der Waals surface area contributed by atoms with E-state index in [1.165, 1.54) is 0 Å². The molecule has 5 heteroatoms. The van der Waals surface area contributed by atoms with Gasteiger partial charge in [0.25, 0.3) is 5.56 Å². The molecule has 0 atom stereocenters. The van der Waals surface area contributed by atoms with Gasteiger partial charge < -0.3 is 14.8 Å². The first-order valence-electron chi connectivity index (χ1n) is 5.48. The number of hydrogen-bond donors (Lipinski definition) is 1. The molecule has 0 bridgehead atoms. The van der Waals surface area contributed by atoms with Gasteiger partial charge in [-0.1, -0.05) is 0 Å². The van der Waals surface area contributed by atoms with Gasteiger partial charge in [-0.25, -0.2) is 4.98 Å². The first-order chi connectivity index (χ1) is 7.52. The first kappa shape index (κ1) is 12.7. The summed E-state index contributed by atoms with van der Waals surface area (Å²) in [7, 11) is 3.99. The Morgan fingerprint density at radius 3 is 2.75 bits per heavy atom. The number of anilines is 1. The van der Waals surface area contributed by atoms with Gasteiger partial charge in [0.2, 0.25) is 0 Å². The molecule has 90 valence electrons. The smallest absolute Gasteiger partial charge is 0.293 e. The van der Waals surface area contributed by atoms with Gasteiger partial charge in [0.1, 0.15) is 0 Å². The van der Waals surface area contributed by atoms with Gasteiger partial charge >= 0.3 is 0 Å². The van der Waals surface area contributed by atoms with Crippen LogP contribution in [0.3, 0.4) is 0 Å². The van der Waals surface area contributed by atoms with Gasteiger partial charge in [-0.05, 0) is 27.9 Å². The minimum absolute atomic E-state index is 0.0590. The molecule has 0 fully saturated rings. The summed E-state index contributed by atoms with van der Waals surface area (Å²) in [6.45, 7) is 5.55. The number of likely N-dealkylation sites (N-methyl/N-ethyl adjacent to an activating group) is 1. The maximum absolute atomic E-state index is 11.9. The SMILES string of the molecule is CC(C)n1ccnc(NCCN(C)C)c1=O. The maximum Gasteiger partial charge on any atom is 0.293 e. The number of hydrogen-bond acceptors (Lipinski definition) is 4. The predicted octanol–water partition coefficient (Wildman–Crippen LogP) is 0.798. The Balaban J connectivity index is 2.74. The molecule has 1 aromatic rings. The summed E-state index contributed by atoms with van der Waals surface area (Å²) in [6, 6.07) is 0.157. The Morgan fingerprint density at radius 2 is 2.19 bits per heavy atom. The van der Waals surface area contributed by atoms with Crippen molar-refractivity contribution < 1.29 is 0 Å². The lowest BCUT2D eigenvalue weighted by Crippen LogP contribution is -2.28. The van der Waals surface area contributed by atoms with Gasteiger partial charge in [-0.15, -0.1) is 0 Å². The summed E-state index contributed by atoms with van der Waals surface area (Å²) in [5.74, 6) is 0.429. The van der Waals surface area contributed by atoms with Gasteiger partial charge in [0, 0.05) is 31.5 Å². The second-order valence-corrected chi connectivity index (χ2v) is 4.31. The molecule has 1 aromatic heterocycles. The minimum Gasteiger partial charge on any atom is -0.364 e. The Morgan fingerprint density at radius 1 is 1.50 bits per heavy atom. The van der Waals surface area contributed by atoms with E-state index < -0.39 is 0 Å². The highest BCUT2D eigenvalue weighted by atomic mass is 16.1. The number of aromatic nitrogens is 2. The van der Waals surface area contributed by atoms with Crippen molar-refractivity contribution in [1.29, 1.82) is 0 Å². The predicted molar refractivity (Wildman–Crippen MR) is 65.9 cm³/mol. The maximum atomic E-state index is 11.9. The molecule has 5 nitrogen and oxygen atoms in total. The van der Waals surface area contributed by atoms with E-state index in [-0.39, 0.29) is 11.6 Å². The van der Waals surface area contributed by atoms with Crippen molar-refractivity contribution in [3.05, 3.63) is 22.7 Å². The average molecular weight is 224 g/mol. The second kappa shape index (κ2) is 5.65. The zero-order chi connectivity index (χ0) is 12.1. The van der Waals surface area contributed by atoms with E-state index in [4.69, 9.17) is 0 Å². The highest BCUT2D eigenvalue weighted by Gasteiger charge is 2.06. The van der Waals surface area contributed by atoms with E-state index in [2.05, 4.69) is 15.2 Å². The van der Waals surface area contributed by atoms with Crippen molar-refractivity contribution in [2.45, 2.75) is 19.9 Å². The van der Waals surface area contributed by atoms with Crippen molar-refractivity contribution in [2.24, 2.45) is 0 Å². The molecule has 1 heterocycles. The van der Waals surface area contributed by atoms with Gasteiger partial charge in [-0.2, -0.15) is 0 Å². The molecule has 0 aliphatic rings. The Kier molecular flexibility index (Phi) is 4.49. The highest BCUT2D eigenvalue weighted by molar-refractivity contribution is 5.30. The summed E-state index contributed by atoms with van der Waals surface area (Å²) >= 11 is 0. The fourth-order valence-corrected chi connectivity index (χ4v) is 1.35. The van der Waals surface area contributed by atoms with Crippen LogP contribution in [0.5, 0.6) is 0 Å². The third kappa shape index (κ3) is 3.34. The lowest BCUT2D eigenvalue weighted by atomic mass is 10.4. The van der Waals surface area contributed by atoms with E-state index in [0.717, 1.165) is 13.1 Å². The van der Waals surface area contributed by atoms with Crippen molar-refractivity contribution >= 4 is 5.82 Å². The van der Waals surface area contributed by atoms with E-state index in [1.54, 1.807) is 17.0 Å². The molecule has 0 aliphatic heterocycles. The molecular weight excluding hydrogens is 204 g/mol. The van der Waals surface area contributed by atoms with E-state index in [1.807, 2.05) is 27.9 Å². The minimum atomic E-state index is -0.0590. The van der Waals surface area contributed by atoms with Crippen molar-refractivity contribution in [3.63, 3.8) is 0 Å². The third-order valence-electron chi connectivity index (χ3n) is 2.28. The van der Waals surface area contributed by atoms with Crippen LogP contribution in [0.4, 0.5) is 5.82 Å². The quantitative estimate of drug-likeness (QED) is 0.803. The van der Waals surface area contributed by atoms with Crippen molar-refractivity contribution in [2.75, 3.05) is 32.5 Å². The molecule has 0 unspecified atom stereocenters. The van der Waals surface area contributed by atoms with E-state index in [9.17, 15) is 4.79 Å². The van der Waals surface area contributed by atoms with Crippen LogP contribution in [0.1, 0.15) is 19.9 Å². The molecule has 0 aliphatic carbocycles. The summed E-state index contributed by atoms with van der Waals surface area (Å²) in [5.41, 5.74) is -0.0590. The van der Waals surface area contributed by atoms with Crippen LogP contribution < -0.4 is 10.9 Å². The van der Waals surface area contributed by atoms with Crippen molar-refractivity contribution in [1.82, 2.24) is 14.5 Å². The number of nitrogens with zero attached hydrogens (tertiary/aromatic N) is 3. The molecule has 0 saturated heterocycles. The normalized spacial score (nSPS) is 11.1. The largest absolute Gasteiger partial charge is 0.364 e. The second-order valence-electron chi connectivity index (χ2n) is 4.31. The standard InChI is InChI=1S/C11H20N4O/c1-9(2)15-8-6-13-10(11(15)16)12-5-7-14(3)4/h6,8-9H,5,7H2,1-4H3,(H,12,13). The highest BCUT2D eigenvalue weighted by Crippen LogP contribution is 2.00. The summed E-state index contributed by atoms with van der Waals surface area (Å²) in [4.78, 5) is 18.0. The fraction of sp³-hybridized carbons (Fsp3) is 0.636. The van der Waals surface area contributed by atoms with Crippen LogP contribution in [0.2, 0.25) is 0 Å². The zero-order valence-corrected chi connectivity index (χ0v) is 10.4. The van der Waals surface area contributed by atoms with Crippen LogP contribution in [0.25, 0.3) is 0 Å². The van der Waals surface area contributed by atoms with Crippen LogP contribution in [0, 0.1) is 0 Å².